The molecule has 0 aromatic heterocycles. The molecule has 0 radical (unpaired) electrons. The predicted molar refractivity (Wildman–Crippen MR) is 60.1 cm³/mol. The molecule has 0 aromatic rings. The van der Waals surface area contributed by atoms with E-state index in [1.54, 1.807) is 0 Å². The zero-order chi connectivity index (χ0) is 10.7. The van der Waals surface area contributed by atoms with E-state index in [1.165, 1.54) is 19.3 Å². The summed E-state index contributed by atoms with van der Waals surface area (Å²) in [5, 5.41) is 0. The Kier molecular flexibility index (Phi) is 4.15. The van der Waals surface area contributed by atoms with E-state index in [0.29, 0.717) is 17.6 Å². The van der Waals surface area contributed by atoms with Crippen LogP contribution in [0.5, 0.6) is 0 Å². The third-order valence-electron chi connectivity index (χ3n) is 3.37. The summed E-state index contributed by atoms with van der Waals surface area (Å²) in [6, 6.07) is 0. The molecule has 0 saturated heterocycles. The summed E-state index contributed by atoms with van der Waals surface area (Å²) in [6.45, 7) is 8.59. The van der Waals surface area contributed by atoms with Crippen molar-refractivity contribution in [1.82, 2.24) is 0 Å². The molecule has 0 bridgehead atoms. The topological polar surface area (TPSA) is 17.1 Å². The van der Waals surface area contributed by atoms with Gasteiger partial charge in [-0.25, -0.2) is 0 Å². The van der Waals surface area contributed by atoms with Gasteiger partial charge in [-0.1, -0.05) is 34.1 Å². The molecule has 0 N–H and O–H groups in total. The van der Waals surface area contributed by atoms with Crippen LogP contribution in [0.15, 0.2) is 0 Å². The third-order valence-corrected chi connectivity index (χ3v) is 3.37. The Hall–Kier alpha value is -0.330. The van der Waals surface area contributed by atoms with Crippen LogP contribution in [0.1, 0.15) is 53.4 Å². The first-order valence-electron chi connectivity index (χ1n) is 6.06. The van der Waals surface area contributed by atoms with Crippen molar-refractivity contribution >= 4 is 5.78 Å². The molecule has 2 atom stereocenters. The van der Waals surface area contributed by atoms with E-state index < -0.39 is 0 Å². The van der Waals surface area contributed by atoms with Gasteiger partial charge in [-0.3, -0.25) is 4.79 Å². The molecule has 0 aliphatic heterocycles. The Balaban J connectivity index is 2.55. The van der Waals surface area contributed by atoms with E-state index >= 15 is 0 Å². The van der Waals surface area contributed by atoms with Crippen LogP contribution in [0.3, 0.4) is 0 Å². The number of rotatable bonds is 4. The molecule has 0 spiro atoms. The monoisotopic (exact) mass is 196 g/mol. The summed E-state index contributed by atoms with van der Waals surface area (Å²) in [4.78, 5) is 11.9. The number of hydrogen-bond donors (Lipinski definition) is 0. The molecular formula is C13H24O. The molecule has 2 unspecified atom stereocenters. The Morgan fingerprint density at radius 3 is 2.36 bits per heavy atom. The maximum Gasteiger partial charge on any atom is 0.138 e. The molecule has 1 saturated carbocycles. The minimum Gasteiger partial charge on any atom is -0.299 e. The zero-order valence-corrected chi connectivity index (χ0v) is 10.0. The second kappa shape index (κ2) is 4.95. The Bertz CT molecular complexity index is 193. The van der Waals surface area contributed by atoms with Gasteiger partial charge in [0.1, 0.15) is 5.78 Å². The normalized spacial score (nSPS) is 27.6. The number of carbonyl (C=O) groups excluding carboxylic acids is 1. The van der Waals surface area contributed by atoms with Crippen molar-refractivity contribution in [3.8, 4) is 0 Å². The minimum absolute atomic E-state index is 0.229. The van der Waals surface area contributed by atoms with Crippen LogP contribution < -0.4 is 0 Å². The number of Topliss-reactive ketones (excluding diaryl/α,β-unsaturated/α-hetero) is 1. The van der Waals surface area contributed by atoms with Crippen LogP contribution in [0.25, 0.3) is 0 Å². The third kappa shape index (κ3) is 2.83. The fourth-order valence-electron chi connectivity index (χ4n) is 2.73. The lowest BCUT2D eigenvalue weighted by Crippen LogP contribution is -2.24. The molecular weight excluding hydrogens is 172 g/mol. The SMILES string of the molecule is CC(C)CC1CCCC1C(=O)C(C)C. The lowest BCUT2D eigenvalue weighted by molar-refractivity contribution is -0.127. The Labute approximate surface area is 88.3 Å². The van der Waals surface area contributed by atoms with Crippen molar-refractivity contribution in [2.24, 2.45) is 23.7 Å². The first-order valence-corrected chi connectivity index (χ1v) is 6.06. The van der Waals surface area contributed by atoms with Gasteiger partial charge in [-0.2, -0.15) is 0 Å². The molecule has 1 aliphatic rings. The zero-order valence-electron chi connectivity index (χ0n) is 10.0. The Morgan fingerprint density at radius 2 is 1.86 bits per heavy atom. The van der Waals surface area contributed by atoms with Crippen LogP contribution in [-0.4, -0.2) is 5.78 Å². The molecule has 82 valence electrons. The number of carbonyl (C=O) groups is 1. The smallest absolute Gasteiger partial charge is 0.138 e. The van der Waals surface area contributed by atoms with Crippen molar-refractivity contribution in [3.63, 3.8) is 0 Å². The molecule has 1 heteroatoms. The second-order valence-electron chi connectivity index (χ2n) is 5.48. The molecule has 0 amide bonds. The maximum absolute atomic E-state index is 11.9. The largest absolute Gasteiger partial charge is 0.299 e. The van der Waals surface area contributed by atoms with E-state index in [4.69, 9.17) is 0 Å². The predicted octanol–water partition coefficient (Wildman–Crippen LogP) is 3.67. The van der Waals surface area contributed by atoms with Gasteiger partial charge in [0.05, 0.1) is 0 Å². The van der Waals surface area contributed by atoms with Crippen molar-refractivity contribution in [2.45, 2.75) is 53.4 Å². The second-order valence-corrected chi connectivity index (χ2v) is 5.48. The van der Waals surface area contributed by atoms with E-state index in [0.717, 1.165) is 12.3 Å². The molecule has 0 aromatic carbocycles. The standard InChI is InChI=1S/C13H24O/c1-9(2)8-11-6-5-7-12(11)13(14)10(3)4/h9-12H,5-8H2,1-4H3. The van der Waals surface area contributed by atoms with Crippen LogP contribution in [0.4, 0.5) is 0 Å². The van der Waals surface area contributed by atoms with Gasteiger partial charge < -0.3 is 0 Å². The molecule has 14 heavy (non-hydrogen) atoms. The summed E-state index contributed by atoms with van der Waals surface area (Å²) in [6.07, 6.45) is 4.93. The fourth-order valence-corrected chi connectivity index (χ4v) is 2.73. The van der Waals surface area contributed by atoms with E-state index in [9.17, 15) is 4.79 Å². The van der Waals surface area contributed by atoms with Crippen molar-refractivity contribution in [2.75, 3.05) is 0 Å². The van der Waals surface area contributed by atoms with Crippen molar-refractivity contribution in [3.05, 3.63) is 0 Å². The average molecular weight is 196 g/mol. The van der Waals surface area contributed by atoms with Gasteiger partial charge in [0.2, 0.25) is 0 Å². The van der Waals surface area contributed by atoms with Gasteiger partial charge in [-0.15, -0.1) is 0 Å². The van der Waals surface area contributed by atoms with Gasteiger partial charge in [0, 0.05) is 11.8 Å². The van der Waals surface area contributed by atoms with Gasteiger partial charge >= 0.3 is 0 Å². The van der Waals surface area contributed by atoms with E-state index in [1.807, 2.05) is 13.8 Å². The maximum atomic E-state index is 11.9. The highest BCUT2D eigenvalue weighted by Crippen LogP contribution is 2.37. The van der Waals surface area contributed by atoms with Crippen LogP contribution in [0, 0.1) is 23.7 Å². The van der Waals surface area contributed by atoms with E-state index in [-0.39, 0.29) is 5.92 Å². The Morgan fingerprint density at radius 1 is 1.21 bits per heavy atom. The molecule has 1 aliphatic carbocycles. The summed E-state index contributed by atoms with van der Waals surface area (Å²) >= 11 is 0. The van der Waals surface area contributed by atoms with Gasteiger partial charge in [0.25, 0.3) is 0 Å². The summed E-state index contributed by atoms with van der Waals surface area (Å²) in [7, 11) is 0. The molecule has 1 rings (SSSR count). The highest BCUT2D eigenvalue weighted by Gasteiger charge is 2.33. The van der Waals surface area contributed by atoms with Crippen LogP contribution >= 0.6 is 0 Å². The average Bonchev–Trinajstić information content (AvgIpc) is 2.49. The van der Waals surface area contributed by atoms with Crippen molar-refractivity contribution in [1.29, 1.82) is 0 Å². The molecule has 1 nitrogen and oxygen atoms in total. The lowest BCUT2D eigenvalue weighted by atomic mass is 9.82. The highest BCUT2D eigenvalue weighted by molar-refractivity contribution is 5.83. The van der Waals surface area contributed by atoms with Crippen LogP contribution in [-0.2, 0) is 4.79 Å². The highest BCUT2D eigenvalue weighted by atomic mass is 16.1. The first-order chi connectivity index (χ1) is 6.52. The minimum atomic E-state index is 0.229. The first kappa shape index (κ1) is 11.7. The summed E-state index contributed by atoms with van der Waals surface area (Å²) < 4.78 is 0. The van der Waals surface area contributed by atoms with Crippen molar-refractivity contribution < 1.29 is 4.79 Å². The fraction of sp³-hybridized carbons (Fsp3) is 0.923. The summed E-state index contributed by atoms with van der Waals surface area (Å²) in [5.41, 5.74) is 0. The quantitative estimate of drug-likeness (QED) is 0.670. The summed E-state index contributed by atoms with van der Waals surface area (Å²) in [5.74, 6) is 2.55. The number of hydrogen-bond acceptors (Lipinski definition) is 1. The number of ketones is 1. The van der Waals surface area contributed by atoms with Gasteiger partial charge in [0.15, 0.2) is 0 Å². The lowest BCUT2D eigenvalue weighted by Gasteiger charge is -2.21. The molecule has 0 heterocycles. The van der Waals surface area contributed by atoms with Crippen LogP contribution in [0.2, 0.25) is 0 Å². The van der Waals surface area contributed by atoms with Gasteiger partial charge in [-0.05, 0) is 31.1 Å². The van der Waals surface area contributed by atoms with E-state index in [2.05, 4.69) is 13.8 Å². The molecule has 1 fully saturated rings.